The van der Waals surface area contributed by atoms with Crippen LogP contribution in [0.1, 0.15) is 59.1 Å². The molecule has 0 aliphatic carbocycles. The van der Waals surface area contributed by atoms with Crippen LogP contribution in [0.5, 0.6) is 0 Å². The third-order valence-corrected chi connectivity index (χ3v) is 4.04. The molecule has 152 valence electrons. The predicted molar refractivity (Wildman–Crippen MR) is 122 cm³/mol. The standard InChI is InChI=1S/2C13H18O/c1-4-12-5-7-13(8-6-12)10-14-9-11(2)3;1-4-11(3)14-10-13-8-6-12(5-2)7-9-13/h4-8,11H,1,9-10H2,2-3H3;5-9,11H,2,4,10H2,1,3H3/i2T;1T. The highest BCUT2D eigenvalue weighted by Gasteiger charge is 1.99. The quantitative estimate of drug-likeness (QED) is 0.433. The van der Waals surface area contributed by atoms with Gasteiger partial charge in [0.25, 0.3) is 0 Å². The van der Waals surface area contributed by atoms with Crippen LogP contribution in [0.2, 0.25) is 0 Å². The Hall–Kier alpha value is -2.16. The lowest BCUT2D eigenvalue weighted by Crippen LogP contribution is -2.05. The molecule has 2 rings (SSSR count). The van der Waals surface area contributed by atoms with Gasteiger partial charge in [-0.25, -0.2) is 0 Å². The molecule has 0 bridgehead atoms. The summed E-state index contributed by atoms with van der Waals surface area (Å²) in [5, 5.41) is 0. The molecule has 0 N–H and O–H groups in total. The smallest absolute Gasteiger partial charge is 0.0720 e. The molecule has 2 atom stereocenters. The van der Waals surface area contributed by atoms with Gasteiger partial charge in [0.05, 0.1) is 19.3 Å². The topological polar surface area (TPSA) is 18.5 Å². The largest absolute Gasteiger partial charge is 0.377 e. The summed E-state index contributed by atoms with van der Waals surface area (Å²) < 4.78 is 25.3. The maximum atomic E-state index is 7.15. The fraction of sp³-hybridized carbons (Fsp3) is 0.385. The van der Waals surface area contributed by atoms with Gasteiger partial charge in [-0.1, -0.05) is 94.6 Å². The van der Waals surface area contributed by atoms with E-state index in [-0.39, 0.29) is 6.10 Å². The van der Waals surface area contributed by atoms with E-state index >= 15 is 0 Å². The second kappa shape index (κ2) is 13.9. The van der Waals surface area contributed by atoms with Crippen LogP contribution in [0.15, 0.2) is 61.7 Å². The van der Waals surface area contributed by atoms with Crippen molar-refractivity contribution in [2.75, 3.05) is 6.61 Å². The van der Waals surface area contributed by atoms with E-state index in [1.54, 1.807) is 0 Å². The molecule has 2 aromatic rings. The summed E-state index contributed by atoms with van der Waals surface area (Å²) in [5.74, 6) is 0.317. The van der Waals surface area contributed by atoms with Crippen molar-refractivity contribution < 1.29 is 12.2 Å². The molecular formula is C26H36O2. The fourth-order valence-corrected chi connectivity index (χ4v) is 2.20. The van der Waals surface area contributed by atoms with E-state index < -0.39 is 0 Å². The van der Waals surface area contributed by atoms with E-state index in [1.807, 2.05) is 74.5 Å². The van der Waals surface area contributed by atoms with Gasteiger partial charge in [0.2, 0.25) is 0 Å². The normalized spacial score (nSPS) is 13.4. The molecule has 2 heteroatoms. The first-order chi connectivity index (χ1) is 14.5. The van der Waals surface area contributed by atoms with E-state index in [0.29, 0.717) is 39.5 Å². The Morgan fingerprint density at radius 1 is 0.893 bits per heavy atom. The van der Waals surface area contributed by atoms with Crippen molar-refractivity contribution in [1.29, 1.82) is 0 Å². The van der Waals surface area contributed by atoms with E-state index in [4.69, 9.17) is 12.2 Å². The summed E-state index contributed by atoms with van der Waals surface area (Å²) in [6, 6.07) is 16.3. The van der Waals surface area contributed by atoms with Crippen molar-refractivity contribution >= 4 is 12.2 Å². The Morgan fingerprint density at radius 2 is 1.43 bits per heavy atom. The first-order valence-corrected chi connectivity index (χ1v) is 9.72. The Morgan fingerprint density at radius 3 is 1.89 bits per heavy atom. The van der Waals surface area contributed by atoms with Crippen molar-refractivity contribution in [3.8, 4) is 0 Å². The summed E-state index contributed by atoms with van der Waals surface area (Å²) in [6.07, 6.45) is 4.62. The lowest BCUT2D eigenvalue weighted by atomic mass is 10.1. The van der Waals surface area contributed by atoms with Crippen LogP contribution in [0.3, 0.4) is 0 Å². The maximum Gasteiger partial charge on any atom is 0.0720 e. The van der Waals surface area contributed by atoms with Gasteiger partial charge in [0.15, 0.2) is 0 Å². The van der Waals surface area contributed by atoms with Gasteiger partial charge < -0.3 is 9.47 Å². The van der Waals surface area contributed by atoms with Crippen LogP contribution in [0.4, 0.5) is 0 Å². The number of rotatable bonds is 10. The number of benzene rings is 2. The highest BCUT2D eigenvalue weighted by molar-refractivity contribution is 5.47. The molecule has 0 radical (unpaired) electrons. The van der Waals surface area contributed by atoms with E-state index in [9.17, 15) is 0 Å². The van der Waals surface area contributed by atoms with Gasteiger partial charge in [-0.05, 0) is 41.5 Å². The molecular weight excluding hydrogens is 344 g/mol. The highest BCUT2D eigenvalue weighted by Crippen LogP contribution is 2.09. The average molecular weight is 385 g/mol. The van der Waals surface area contributed by atoms with Gasteiger partial charge in [-0.2, -0.15) is 0 Å². The van der Waals surface area contributed by atoms with E-state index in [1.165, 1.54) is 0 Å². The lowest BCUT2D eigenvalue weighted by Gasteiger charge is -2.10. The summed E-state index contributed by atoms with van der Waals surface area (Å²) in [5.41, 5.74) is 4.58. The van der Waals surface area contributed by atoms with Crippen LogP contribution < -0.4 is 0 Å². The van der Waals surface area contributed by atoms with E-state index in [2.05, 4.69) is 13.2 Å². The second-order valence-electron chi connectivity index (χ2n) is 6.92. The molecule has 0 saturated heterocycles. The van der Waals surface area contributed by atoms with Crippen LogP contribution in [0.25, 0.3) is 12.2 Å². The molecule has 2 unspecified atom stereocenters. The van der Waals surface area contributed by atoms with Crippen molar-refractivity contribution in [2.45, 2.75) is 53.4 Å². The SMILES string of the molecule is [3H]CC(C)COCc1ccc(C=C)cc1.[3H]CCC(C)OCc1ccc(C=C)cc1. The third kappa shape index (κ3) is 10.2. The van der Waals surface area contributed by atoms with Crippen molar-refractivity contribution in [3.63, 3.8) is 0 Å². The molecule has 0 aromatic heterocycles. The zero-order valence-electron chi connectivity index (χ0n) is 19.4. The van der Waals surface area contributed by atoms with Crippen molar-refractivity contribution in [3.05, 3.63) is 83.9 Å². The van der Waals surface area contributed by atoms with Gasteiger partial charge in [-0.3, -0.25) is 0 Å². The minimum Gasteiger partial charge on any atom is -0.377 e. The van der Waals surface area contributed by atoms with E-state index in [0.717, 1.165) is 28.7 Å². The minimum atomic E-state index is 0.168. The van der Waals surface area contributed by atoms with Crippen LogP contribution >= 0.6 is 0 Å². The Kier molecular flexibility index (Phi) is 10.2. The molecule has 0 aliphatic rings. The summed E-state index contributed by atoms with van der Waals surface area (Å²) in [6.45, 7) is 14.2. The van der Waals surface area contributed by atoms with Crippen molar-refractivity contribution in [2.24, 2.45) is 5.92 Å². The molecule has 0 heterocycles. The van der Waals surface area contributed by atoms with Gasteiger partial charge in [0.1, 0.15) is 0 Å². The van der Waals surface area contributed by atoms with Crippen molar-refractivity contribution in [1.82, 2.24) is 0 Å². The molecule has 0 fully saturated rings. The summed E-state index contributed by atoms with van der Waals surface area (Å²) in [4.78, 5) is 0. The lowest BCUT2D eigenvalue weighted by molar-refractivity contribution is 0.0508. The zero-order valence-corrected chi connectivity index (χ0v) is 17.4. The van der Waals surface area contributed by atoms with Gasteiger partial charge in [-0.15, -0.1) is 0 Å². The molecule has 0 spiro atoms. The first kappa shape index (κ1) is 20.6. The Bertz CT molecular complexity index is 711. The molecule has 2 aromatic carbocycles. The number of hydrogen-bond acceptors (Lipinski definition) is 2. The van der Waals surface area contributed by atoms with Crippen LogP contribution in [0, 0.1) is 5.92 Å². The second-order valence-corrected chi connectivity index (χ2v) is 6.92. The molecule has 28 heavy (non-hydrogen) atoms. The molecule has 2 nitrogen and oxygen atoms in total. The highest BCUT2D eigenvalue weighted by atomic mass is 16.5. The molecule has 0 saturated carbocycles. The monoisotopic (exact) mass is 384 g/mol. The number of hydrogen-bond donors (Lipinski definition) is 0. The summed E-state index contributed by atoms with van der Waals surface area (Å²) >= 11 is 0. The molecule has 0 amide bonds. The summed E-state index contributed by atoms with van der Waals surface area (Å²) in [7, 11) is 0. The fourth-order valence-electron chi connectivity index (χ4n) is 2.20. The van der Waals surface area contributed by atoms with Gasteiger partial charge in [0, 0.05) is 9.35 Å². The molecule has 0 aliphatic heterocycles. The first-order valence-electron chi connectivity index (χ1n) is 11.1. The average Bonchev–Trinajstić information content (AvgIpc) is 2.79. The zero-order chi connectivity index (χ0) is 22.2. The van der Waals surface area contributed by atoms with Gasteiger partial charge >= 0.3 is 0 Å². The Balaban J connectivity index is 0.000000300. The predicted octanol–water partition coefficient (Wildman–Crippen LogP) is 7.15. The van der Waals surface area contributed by atoms with Crippen LogP contribution in [-0.4, -0.2) is 12.7 Å². The Labute approximate surface area is 174 Å². The minimum absolute atomic E-state index is 0.168. The number of ether oxygens (including phenoxy) is 2. The maximum absolute atomic E-state index is 7.15. The third-order valence-electron chi connectivity index (χ3n) is 4.04. The van der Waals surface area contributed by atoms with Crippen LogP contribution in [-0.2, 0) is 22.7 Å².